The quantitative estimate of drug-likeness (QED) is 0.552. The lowest BCUT2D eigenvalue weighted by atomic mass is 10.2. The fraction of sp³-hybridized carbons (Fsp3) is 0.190. The first-order chi connectivity index (χ1) is 13.7. The third-order valence-electron chi connectivity index (χ3n) is 4.48. The van der Waals surface area contributed by atoms with E-state index in [0.29, 0.717) is 23.9 Å². The number of carbonyl (C=O) groups is 1. The molecule has 0 aliphatic carbocycles. The molecule has 0 bridgehead atoms. The first-order valence-electron chi connectivity index (χ1n) is 9.02. The van der Waals surface area contributed by atoms with Gasteiger partial charge in [-0.3, -0.25) is 4.79 Å². The van der Waals surface area contributed by atoms with Gasteiger partial charge >= 0.3 is 0 Å². The Morgan fingerprint density at radius 2 is 1.93 bits per heavy atom. The number of methoxy groups -OCH3 is 1. The molecule has 2 aromatic carbocycles. The van der Waals surface area contributed by atoms with Crippen molar-refractivity contribution in [3.63, 3.8) is 0 Å². The third kappa shape index (κ3) is 3.46. The van der Waals surface area contributed by atoms with E-state index in [1.807, 2.05) is 42.0 Å². The molecule has 4 rings (SSSR count). The van der Waals surface area contributed by atoms with Gasteiger partial charge in [0.05, 0.1) is 12.7 Å². The van der Waals surface area contributed by atoms with Crippen LogP contribution < -0.4 is 10.1 Å². The van der Waals surface area contributed by atoms with Gasteiger partial charge in [0.25, 0.3) is 0 Å². The molecule has 0 aliphatic rings. The molecule has 7 nitrogen and oxygen atoms in total. The summed E-state index contributed by atoms with van der Waals surface area (Å²) < 4.78 is 12.7. The minimum absolute atomic E-state index is 0.128. The average molecular weight is 376 g/mol. The van der Waals surface area contributed by atoms with E-state index >= 15 is 0 Å². The topological polar surface area (TPSA) is 82.2 Å². The van der Waals surface area contributed by atoms with Gasteiger partial charge in [-0.15, -0.1) is 10.2 Å². The summed E-state index contributed by atoms with van der Waals surface area (Å²) in [6.45, 7) is 2.13. The first-order valence-corrected chi connectivity index (χ1v) is 9.02. The van der Waals surface area contributed by atoms with Gasteiger partial charge < -0.3 is 19.0 Å². The van der Waals surface area contributed by atoms with Crippen LogP contribution in [0.3, 0.4) is 0 Å². The summed E-state index contributed by atoms with van der Waals surface area (Å²) >= 11 is 0. The van der Waals surface area contributed by atoms with E-state index in [9.17, 15) is 4.79 Å². The fourth-order valence-corrected chi connectivity index (χ4v) is 3.08. The Balaban J connectivity index is 1.60. The van der Waals surface area contributed by atoms with Gasteiger partial charge in [0.15, 0.2) is 0 Å². The number of aryl methyl sites for hydroxylation is 1. The summed E-state index contributed by atoms with van der Waals surface area (Å²) in [7, 11) is 1.61. The maximum atomic E-state index is 12.6. The zero-order valence-corrected chi connectivity index (χ0v) is 15.7. The minimum atomic E-state index is -0.128. The molecule has 1 N–H and O–H groups in total. The standard InChI is InChI=1S/C21H20N4O3/c1-3-20-23-24-21(28-20)17-12-25(18-7-5-4-6-16(17)18)13-19(26)22-14-8-10-15(27-2)11-9-14/h4-12H,3,13H2,1-2H3,(H,22,26). The Hall–Kier alpha value is -3.61. The van der Waals surface area contributed by atoms with Gasteiger partial charge in [-0.2, -0.15) is 0 Å². The molecular weight excluding hydrogens is 356 g/mol. The third-order valence-corrected chi connectivity index (χ3v) is 4.48. The lowest BCUT2D eigenvalue weighted by Gasteiger charge is -2.08. The van der Waals surface area contributed by atoms with E-state index < -0.39 is 0 Å². The number of carbonyl (C=O) groups excluding carboxylic acids is 1. The number of nitrogens with one attached hydrogen (secondary N) is 1. The summed E-state index contributed by atoms with van der Waals surface area (Å²) in [5.41, 5.74) is 2.46. The fourth-order valence-electron chi connectivity index (χ4n) is 3.08. The molecule has 0 fully saturated rings. The molecule has 7 heteroatoms. The van der Waals surface area contributed by atoms with Gasteiger partial charge in [-0.05, 0) is 30.3 Å². The van der Waals surface area contributed by atoms with Crippen molar-refractivity contribution in [1.29, 1.82) is 0 Å². The normalized spacial score (nSPS) is 10.9. The molecule has 1 amide bonds. The van der Waals surface area contributed by atoms with Crippen molar-refractivity contribution in [2.75, 3.05) is 12.4 Å². The highest BCUT2D eigenvalue weighted by molar-refractivity contribution is 5.96. The highest BCUT2D eigenvalue weighted by atomic mass is 16.5. The van der Waals surface area contributed by atoms with Crippen LogP contribution in [0.15, 0.2) is 59.1 Å². The molecule has 0 radical (unpaired) electrons. The molecule has 0 spiro atoms. The molecule has 0 saturated carbocycles. The van der Waals surface area contributed by atoms with Crippen molar-refractivity contribution in [3.05, 3.63) is 60.6 Å². The van der Waals surface area contributed by atoms with E-state index in [2.05, 4.69) is 15.5 Å². The Labute approximate surface area is 161 Å². The smallest absolute Gasteiger partial charge is 0.249 e. The Kier molecular flexibility index (Phi) is 4.80. The second kappa shape index (κ2) is 7.56. The number of para-hydroxylation sites is 1. The number of hydrogen-bond donors (Lipinski definition) is 1. The highest BCUT2D eigenvalue weighted by Crippen LogP contribution is 2.30. The summed E-state index contributed by atoms with van der Waals surface area (Å²) in [6.07, 6.45) is 2.56. The Morgan fingerprint density at radius 3 is 2.64 bits per heavy atom. The predicted octanol–water partition coefficient (Wildman–Crippen LogP) is 3.90. The molecule has 0 atom stereocenters. The molecule has 0 aliphatic heterocycles. The summed E-state index contributed by atoms with van der Waals surface area (Å²) in [6, 6.07) is 15.1. The second-order valence-electron chi connectivity index (χ2n) is 6.32. The van der Waals surface area contributed by atoms with Gasteiger partial charge in [-0.25, -0.2) is 0 Å². The Bertz CT molecular complexity index is 1110. The van der Waals surface area contributed by atoms with Gasteiger partial charge in [0.2, 0.25) is 17.7 Å². The summed E-state index contributed by atoms with van der Waals surface area (Å²) in [4.78, 5) is 12.6. The number of hydrogen-bond acceptors (Lipinski definition) is 5. The molecule has 28 heavy (non-hydrogen) atoms. The lowest BCUT2D eigenvalue weighted by Crippen LogP contribution is -2.18. The lowest BCUT2D eigenvalue weighted by molar-refractivity contribution is -0.116. The summed E-state index contributed by atoms with van der Waals surface area (Å²) in [5.74, 6) is 1.66. The van der Waals surface area contributed by atoms with E-state index in [0.717, 1.165) is 22.2 Å². The zero-order valence-electron chi connectivity index (χ0n) is 15.7. The van der Waals surface area contributed by atoms with Crippen LogP contribution in [0.5, 0.6) is 5.75 Å². The first kappa shape index (κ1) is 17.8. The van der Waals surface area contributed by atoms with E-state index in [1.165, 1.54) is 0 Å². The number of anilines is 1. The van der Waals surface area contributed by atoms with E-state index in [1.54, 1.807) is 31.4 Å². The maximum Gasteiger partial charge on any atom is 0.249 e. The van der Waals surface area contributed by atoms with Crippen molar-refractivity contribution in [2.24, 2.45) is 0 Å². The van der Waals surface area contributed by atoms with Gasteiger partial charge in [-0.1, -0.05) is 25.1 Å². The monoisotopic (exact) mass is 376 g/mol. The average Bonchev–Trinajstić information content (AvgIpc) is 3.33. The largest absolute Gasteiger partial charge is 0.497 e. The van der Waals surface area contributed by atoms with Crippen LogP contribution in [0.25, 0.3) is 22.4 Å². The number of ether oxygens (including phenoxy) is 1. The maximum absolute atomic E-state index is 12.6. The van der Waals surface area contributed by atoms with Crippen LogP contribution in [-0.2, 0) is 17.8 Å². The molecular formula is C21H20N4O3. The number of nitrogens with zero attached hydrogens (tertiary/aromatic N) is 3. The minimum Gasteiger partial charge on any atom is -0.497 e. The van der Waals surface area contributed by atoms with Gasteiger partial charge in [0.1, 0.15) is 12.3 Å². The molecule has 142 valence electrons. The van der Waals surface area contributed by atoms with Gasteiger partial charge in [0, 0.05) is 29.2 Å². The van der Waals surface area contributed by atoms with Crippen molar-refractivity contribution in [2.45, 2.75) is 19.9 Å². The van der Waals surface area contributed by atoms with Crippen LogP contribution in [0.4, 0.5) is 5.69 Å². The zero-order chi connectivity index (χ0) is 19.5. The van der Waals surface area contributed by atoms with Crippen molar-refractivity contribution in [1.82, 2.24) is 14.8 Å². The van der Waals surface area contributed by atoms with Crippen molar-refractivity contribution < 1.29 is 13.9 Å². The molecule has 4 aromatic rings. The molecule has 2 heterocycles. The van der Waals surface area contributed by atoms with Crippen LogP contribution >= 0.6 is 0 Å². The molecule has 0 unspecified atom stereocenters. The van der Waals surface area contributed by atoms with Crippen molar-refractivity contribution in [3.8, 4) is 17.2 Å². The predicted molar refractivity (Wildman–Crippen MR) is 106 cm³/mol. The van der Waals surface area contributed by atoms with E-state index in [4.69, 9.17) is 9.15 Å². The van der Waals surface area contributed by atoms with Crippen LogP contribution in [0.2, 0.25) is 0 Å². The number of benzene rings is 2. The number of rotatable bonds is 6. The van der Waals surface area contributed by atoms with Crippen LogP contribution in [-0.4, -0.2) is 27.8 Å². The van der Waals surface area contributed by atoms with E-state index in [-0.39, 0.29) is 12.5 Å². The summed E-state index contributed by atoms with van der Waals surface area (Å²) in [5, 5.41) is 12.0. The number of fused-ring (bicyclic) bond motifs is 1. The Morgan fingerprint density at radius 1 is 1.14 bits per heavy atom. The molecule has 2 aromatic heterocycles. The SMILES string of the molecule is CCc1nnc(-c2cn(CC(=O)Nc3ccc(OC)cc3)c3ccccc23)o1. The van der Waals surface area contributed by atoms with Crippen LogP contribution in [0.1, 0.15) is 12.8 Å². The molecule has 0 saturated heterocycles. The second-order valence-corrected chi connectivity index (χ2v) is 6.32. The highest BCUT2D eigenvalue weighted by Gasteiger charge is 2.16. The van der Waals surface area contributed by atoms with Crippen molar-refractivity contribution >= 4 is 22.5 Å². The number of amides is 1. The van der Waals surface area contributed by atoms with Crippen LogP contribution in [0, 0.1) is 0 Å². The number of aromatic nitrogens is 3.